The highest BCUT2D eigenvalue weighted by Crippen LogP contribution is 2.46. The van der Waals surface area contributed by atoms with Gasteiger partial charge in [-0.2, -0.15) is 13.2 Å². The summed E-state index contributed by atoms with van der Waals surface area (Å²) in [4.78, 5) is 25.1. The van der Waals surface area contributed by atoms with Gasteiger partial charge in [-0.25, -0.2) is 13.6 Å². The fourth-order valence-corrected chi connectivity index (χ4v) is 5.40. The van der Waals surface area contributed by atoms with Gasteiger partial charge in [0, 0.05) is 33.7 Å². The molecular formula is C24H14F5NO4S. The summed E-state index contributed by atoms with van der Waals surface area (Å²) in [6.45, 7) is 3.18. The van der Waals surface area contributed by atoms with Gasteiger partial charge >= 0.3 is 11.8 Å². The second kappa shape index (κ2) is 7.45. The van der Waals surface area contributed by atoms with E-state index in [0.717, 1.165) is 22.8 Å². The topological polar surface area (TPSA) is 72.4 Å². The van der Waals surface area contributed by atoms with Gasteiger partial charge in [0.1, 0.15) is 27.5 Å². The van der Waals surface area contributed by atoms with E-state index in [1.807, 2.05) is 0 Å². The number of pyridine rings is 1. The Morgan fingerprint density at radius 3 is 2.43 bits per heavy atom. The molecule has 0 spiro atoms. The molecule has 4 aromatic rings. The van der Waals surface area contributed by atoms with Gasteiger partial charge in [-0.1, -0.05) is 37.7 Å². The van der Waals surface area contributed by atoms with E-state index in [4.69, 9.17) is 4.42 Å². The maximum atomic E-state index is 14.7. The van der Waals surface area contributed by atoms with Crippen molar-refractivity contribution >= 4 is 22.7 Å². The van der Waals surface area contributed by atoms with Crippen molar-refractivity contribution in [3.8, 4) is 11.4 Å². The van der Waals surface area contributed by atoms with Crippen LogP contribution in [-0.2, 0) is 11.6 Å². The molecule has 3 heterocycles. The number of hydrogen-bond donors (Lipinski definition) is 1. The highest BCUT2D eigenvalue weighted by atomic mass is 32.2. The van der Waals surface area contributed by atoms with E-state index in [1.54, 1.807) is 13.8 Å². The van der Waals surface area contributed by atoms with E-state index in [0.29, 0.717) is 17.8 Å². The second-order valence-electron chi connectivity index (χ2n) is 8.48. The molecule has 0 aliphatic carbocycles. The molecule has 0 saturated heterocycles. The Balaban J connectivity index is 1.79. The minimum Gasteiger partial charge on any atom is -0.505 e. The van der Waals surface area contributed by atoms with Crippen LogP contribution >= 0.6 is 11.8 Å². The highest BCUT2D eigenvalue weighted by molar-refractivity contribution is 7.99. The maximum Gasteiger partial charge on any atom is 0.417 e. The molecular weight excluding hydrogens is 493 g/mol. The smallest absolute Gasteiger partial charge is 0.417 e. The van der Waals surface area contributed by atoms with E-state index in [9.17, 15) is 36.6 Å². The number of alkyl halides is 3. The molecule has 0 saturated carbocycles. The average Bonchev–Trinajstić information content (AvgIpc) is 2.97. The molecule has 11 heteroatoms. The number of hydrogen-bond acceptors (Lipinski definition) is 5. The molecule has 2 aromatic heterocycles. The molecule has 5 nitrogen and oxygen atoms in total. The van der Waals surface area contributed by atoms with Gasteiger partial charge in [0.2, 0.25) is 0 Å². The van der Waals surface area contributed by atoms with Gasteiger partial charge in [0.05, 0.1) is 11.3 Å². The zero-order valence-corrected chi connectivity index (χ0v) is 18.8. The van der Waals surface area contributed by atoms with E-state index in [2.05, 4.69) is 0 Å². The third-order valence-corrected chi connectivity index (χ3v) is 7.10. The lowest BCUT2D eigenvalue weighted by atomic mass is 9.83. The third kappa shape index (κ3) is 3.36. The molecule has 0 fully saturated rings. The van der Waals surface area contributed by atoms with Crippen molar-refractivity contribution in [2.75, 3.05) is 0 Å². The number of nitrogens with zero attached hydrogens (tertiary/aromatic N) is 1. The van der Waals surface area contributed by atoms with Crippen molar-refractivity contribution < 1.29 is 31.5 Å². The van der Waals surface area contributed by atoms with Crippen LogP contribution in [0.1, 0.15) is 30.7 Å². The lowest BCUT2D eigenvalue weighted by Gasteiger charge is -2.20. The summed E-state index contributed by atoms with van der Waals surface area (Å²) < 4.78 is 75.2. The first-order chi connectivity index (χ1) is 16.3. The van der Waals surface area contributed by atoms with Crippen molar-refractivity contribution in [1.29, 1.82) is 0 Å². The van der Waals surface area contributed by atoms with Gasteiger partial charge in [-0.3, -0.25) is 9.36 Å². The normalized spacial score (nSPS) is 14.3. The lowest BCUT2D eigenvalue weighted by molar-refractivity contribution is -0.139. The van der Waals surface area contributed by atoms with Crippen LogP contribution in [0.4, 0.5) is 22.0 Å². The Hall–Kier alpha value is -3.60. The molecule has 0 radical (unpaired) electrons. The zero-order valence-electron chi connectivity index (χ0n) is 18.0. The summed E-state index contributed by atoms with van der Waals surface area (Å²) in [6.07, 6.45) is -4.74. The molecule has 2 aromatic carbocycles. The second-order valence-corrected chi connectivity index (χ2v) is 9.53. The summed E-state index contributed by atoms with van der Waals surface area (Å²) in [5.41, 5.74) is -4.49. The number of rotatable bonds is 2. The largest absolute Gasteiger partial charge is 0.505 e. The van der Waals surface area contributed by atoms with Crippen LogP contribution in [0.5, 0.6) is 5.75 Å². The van der Waals surface area contributed by atoms with Crippen LogP contribution in [-0.4, -0.2) is 9.67 Å². The van der Waals surface area contributed by atoms with Gasteiger partial charge in [0.25, 0.3) is 5.56 Å². The van der Waals surface area contributed by atoms with E-state index >= 15 is 0 Å². The molecule has 1 N–H and O–H groups in total. The first-order valence-corrected chi connectivity index (χ1v) is 10.9. The Morgan fingerprint density at radius 1 is 1.06 bits per heavy atom. The summed E-state index contributed by atoms with van der Waals surface area (Å²) in [6, 6.07) is 7.32. The van der Waals surface area contributed by atoms with Crippen LogP contribution in [0.3, 0.4) is 0 Å². The third-order valence-electron chi connectivity index (χ3n) is 5.96. The molecule has 35 heavy (non-hydrogen) atoms. The lowest BCUT2D eigenvalue weighted by Crippen LogP contribution is -2.24. The summed E-state index contributed by atoms with van der Waals surface area (Å²) in [7, 11) is 0. The van der Waals surface area contributed by atoms with E-state index in [-0.39, 0.29) is 27.4 Å². The van der Waals surface area contributed by atoms with E-state index < -0.39 is 56.0 Å². The number of aromatic nitrogens is 1. The molecule has 5 rings (SSSR count). The quantitative estimate of drug-likeness (QED) is 0.351. The number of aromatic hydroxyl groups is 1. The Labute approximate surface area is 197 Å². The summed E-state index contributed by atoms with van der Waals surface area (Å²) >= 11 is 0.297. The van der Waals surface area contributed by atoms with Crippen LogP contribution < -0.4 is 11.2 Å². The average molecular weight is 507 g/mol. The molecule has 0 amide bonds. The molecule has 0 unspecified atom stereocenters. The monoisotopic (exact) mass is 507 g/mol. The van der Waals surface area contributed by atoms with Crippen molar-refractivity contribution in [3.63, 3.8) is 0 Å². The molecule has 0 atom stereocenters. The maximum absolute atomic E-state index is 14.7. The standard InChI is InChI=1S/C24H14F5NO4S/c1-23(2)16-9-14-17(21(32)30(16)13-8-10(25)7-12(26)18(13)23)19(31)20(22(33)34-14)35-15-6-4-3-5-11(15)24(27,28)29/h3-9,31H,1-2H3. The molecule has 0 bridgehead atoms. The van der Waals surface area contributed by atoms with Crippen LogP contribution in [0.2, 0.25) is 0 Å². The van der Waals surface area contributed by atoms with Gasteiger partial charge in [-0.05, 0) is 18.2 Å². The van der Waals surface area contributed by atoms with Gasteiger partial charge in [0.15, 0.2) is 5.75 Å². The first-order valence-electron chi connectivity index (χ1n) is 10.1. The highest BCUT2D eigenvalue weighted by Gasteiger charge is 2.41. The fourth-order valence-electron chi connectivity index (χ4n) is 4.41. The Kier molecular flexibility index (Phi) is 4.93. The number of halogens is 5. The minimum atomic E-state index is -4.74. The Bertz CT molecular complexity index is 1670. The van der Waals surface area contributed by atoms with Crippen LogP contribution in [0, 0.1) is 11.6 Å². The molecule has 180 valence electrons. The predicted molar refractivity (Wildman–Crippen MR) is 117 cm³/mol. The number of fused-ring (bicyclic) bond motifs is 4. The van der Waals surface area contributed by atoms with Crippen molar-refractivity contribution in [3.05, 3.63) is 91.7 Å². The predicted octanol–water partition coefficient (Wildman–Crippen LogP) is 5.74. The van der Waals surface area contributed by atoms with Crippen LogP contribution in [0.25, 0.3) is 16.7 Å². The minimum absolute atomic E-state index is 0.0295. The molecule has 1 aliphatic rings. The van der Waals surface area contributed by atoms with E-state index in [1.165, 1.54) is 18.2 Å². The number of benzene rings is 2. The van der Waals surface area contributed by atoms with Crippen LogP contribution in [0.15, 0.2) is 66.3 Å². The fraction of sp³-hybridized carbons (Fsp3) is 0.167. The van der Waals surface area contributed by atoms with Gasteiger partial charge in [-0.15, -0.1) is 0 Å². The zero-order chi connectivity index (χ0) is 25.4. The first kappa shape index (κ1) is 23.2. The van der Waals surface area contributed by atoms with Crippen molar-refractivity contribution in [2.45, 2.75) is 35.2 Å². The summed E-state index contributed by atoms with van der Waals surface area (Å²) in [5, 5.41) is 10.4. The van der Waals surface area contributed by atoms with Crippen molar-refractivity contribution in [1.82, 2.24) is 4.57 Å². The summed E-state index contributed by atoms with van der Waals surface area (Å²) in [5.74, 6) is -2.70. The molecule has 1 aliphatic heterocycles. The van der Waals surface area contributed by atoms with Gasteiger partial charge < -0.3 is 9.52 Å². The van der Waals surface area contributed by atoms with Crippen molar-refractivity contribution in [2.24, 2.45) is 0 Å². The SMILES string of the molecule is CC1(C)c2c(F)cc(F)cc2-n2c1cc1oc(=O)c(Sc3ccccc3C(F)(F)F)c(O)c1c2=O. The Morgan fingerprint density at radius 2 is 1.74 bits per heavy atom.